The lowest BCUT2D eigenvalue weighted by Crippen LogP contribution is -2.07. The van der Waals surface area contributed by atoms with E-state index in [0.29, 0.717) is 5.70 Å². The van der Waals surface area contributed by atoms with Gasteiger partial charge in [0.1, 0.15) is 4.84 Å². The number of nitrogens with two attached hydrogens (primary N) is 1. The molecule has 0 heterocycles. The van der Waals surface area contributed by atoms with Crippen LogP contribution in [0.5, 0.6) is 0 Å². The quantitative estimate of drug-likeness (QED) is 0.434. The number of alkyl halides is 2. The van der Waals surface area contributed by atoms with Crippen LogP contribution in [0, 0.1) is 0 Å². The second-order valence-corrected chi connectivity index (χ2v) is 3.92. The first kappa shape index (κ1) is 12.8. The fourth-order valence-electron chi connectivity index (χ4n) is 0.763. The summed E-state index contributed by atoms with van der Waals surface area (Å²) in [7, 11) is 0. The highest BCUT2D eigenvalue weighted by Crippen LogP contribution is 2.08. The lowest BCUT2D eigenvalue weighted by molar-refractivity contribution is 0.808. The van der Waals surface area contributed by atoms with E-state index in [-0.39, 0.29) is 0 Å². The SMILES string of the molecule is CCCCN=C(C)C=C(N)C(Cl)Cl. The van der Waals surface area contributed by atoms with Crippen LogP contribution in [0.4, 0.5) is 0 Å². The van der Waals surface area contributed by atoms with Gasteiger partial charge in [0.15, 0.2) is 0 Å². The van der Waals surface area contributed by atoms with Gasteiger partial charge in [-0.1, -0.05) is 36.5 Å². The third kappa shape index (κ3) is 6.91. The van der Waals surface area contributed by atoms with E-state index in [9.17, 15) is 0 Å². The van der Waals surface area contributed by atoms with Crippen LogP contribution in [0.3, 0.4) is 0 Å². The van der Waals surface area contributed by atoms with Crippen LogP contribution in [0.1, 0.15) is 26.7 Å². The molecule has 0 aliphatic rings. The number of halogens is 2. The maximum absolute atomic E-state index is 5.55. The molecule has 0 bridgehead atoms. The van der Waals surface area contributed by atoms with Crippen molar-refractivity contribution in [2.75, 3.05) is 6.54 Å². The highest BCUT2D eigenvalue weighted by atomic mass is 35.5. The van der Waals surface area contributed by atoms with Crippen LogP contribution >= 0.6 is 23.2 Å². The normalized spacial score (nSPS) is 13.9. The number of rotatable bonds is 5. The monoisotopic (exact) mass is 222 g/mol. The summed E-state index contributed by atoms with van der Waals surface area (Å²) in [5.41, 5.74) is 6.86. The van der Waals surface area contributed by atoms with Crippen molar-refractivity contribution < 1.29 is 0 Å². The summed E-state index contributed by atoms with van der Waals surface area (Å²) in [5, 5.41) is 0. The molecule has 0 saturated carbocycles. The molecule has 2 N–H and O–H groups in total. The van der Waals surface area contributed by atoms with Gasteiger partial charge in [0.05, 0.1) is 0 Å². The van der Waals surface area contributed by atoms with Crippen LogP contribution in [-0.2, 0) is 0 Å². The Bertz CT molecular complexity index is 198. The molecule has 0 aromatic rings. The van der Waals surface area contributed by atoms with Gasteiger partial charge in [-0.15, -0.1) is 0 Å². The van der Waals surface area contributed by atoms with E-state index in [1.807, 2.05) is 6.92 Å². The highest BCUT2D eigenvalue weighted by Gasteiger charge is 2.01. The molecule has 0 aliphatic carbocycles. The molecule has 13 heavy (non-hydrogen) atoms. The molecule has 0 saturated heterocycles. The Labute approximate surface area is 89.8 Å². The smallest absolute Gasteiger partial charge is 0.146 e. The van der Waals surface area contributed by atoms with E-state index in [2.05, 4.69) is 11.9 Å². The minimum Gasteiger partial charge on any atom is -0.400 e. The number of aliphatic imine (C=N–C) groups is 1. The van der Waals surface area contributed by atoms with Crippen molar-refractivity contribution in [3.63, 3.8) is 0 Å². The average Bonchev–Trinajstić information content (AvgIpc) is 2.04. The van der Waals surface area contributed by atoms with Crippen LogP contribution in [0.15, 0.2) is 16.8 Å². The topological polar surface area (TPSA) is 38.4 Å². The van der Waals surface area contributed by atoms with Gasteiger partial charge >= 0.3 is 0 Å². The molecule has 0 amide bonds. The fraction of sp³-hybridized carbons (Fsp3) is 0.667. The molecule has 0 spiro atoms. The maximum atomic E-state index is 5.55. The first-order valence-corrected chi connectivity index (χ1v) is 5.21. The third-order valence-electron chi connectivity index (χ3n) is 1.50. The standard InChI is InChI=1S/C9H16Cl2N2/c1-3-4-5-13-7(2)6-8(12)9(10)11/h6,9H,3-5,12H2,1-2H3. The molecule has 0 aliphatic heterocycles. The van der Waals surface area contributed by atoms with E-state index in [0.717, 1.165) is 25.1 Å². The summed E-state index contributed by atoms with van der Waals surface area (Å²) in [6, 6.07) is 0. The Balaban J connectivity index is 4.03. The van der Waals surface area contributed by atoms with Crippen LogP contribution in [-0.4, -0.2) is 17.1 Å². The van der Waals surface area contributed by atoms with Crippen LogP contribution < -0.4 is 5.73 Å². The molecule has 0 aromatic heterocycles. The highest BCUT2D eigenvalue weighted by molar-refractivity contribution is 6.46. The van der Waals surface area contributed by atoms with Crippen LogP contribution in [0.2, 0.25) is 0 Å². The number of allylic oxidation sites excluding steroid dienone is 2. The molecule has 0 radical (unpaired) electrons. The second-order valence-electron chi connectivity index (χ2n) is 2.82. The van der Waals surface area contributed by atoms with Gasteiger partial charge in [-0.05, 0) is 19.4 Å². The first-order chi connectivity index (χ1) is 6.07. The molecular formula is C9H16Cl2N2. The van der Waals surface area contributed by atoms with Gasteiger partial charge < -0.3 is 5.73 Å². The zero-order valence-corrected chi connectivity index (χ0v) is 9.57. The summed E-state index contributed by atoms with van der Waals surface area (Å²) in [5.74, 6) is 0. The number of hydrogen-bond donors (Lipinski definition) is 1. The zero-order chi connectivity index (χ0) is 10.3. The number of nitrogens with zero attached hydrogens (tertiary/aromatic N) is 1. The Hall–Kier alpha value is -0.210. The van der Waals surface area contributed by atoms with Crippen molar-refractivity contribution in [2.24, 2.45) is 10.7 Å². The summed E-state index contributed by atoms with van der Waals surface area (Å²) in [6.45, 7) is 4.85. The van der Waals surface area contributed by atoms with Crippen molar-refractivity contribution in [2.45, 2.75) is 31.5 Å². The lowest BCUT2D eigenvalue weighted by Gasteiger charge is -2.00. The van der Waals surface area contributed by atoms with Gasteiger partial charge in [0, 0.05) is 18.0 Å². The van der Waals surface area contributed by atoms with Gasteiger partial charge in [0.25, 0.3) is 0 Å². The van der Waals surface area contributed by atoms with Crippen molar-refractivity contribution in [1.29, 1.82) is 0 Å². The molecule has 0 rings (SSSR count). The van der Waals surface area contributed by atoms with Gasteiger partial charge in [0.2, 0.25) is 0 Å². The molecule has 0 fully saturated rings. The van der Waals surface area contributed by atoms with Crippen molar-refractivity contribution >= 4 is 28.9 Å². The van der Waals surface area contributed by atoms with Crippen molar-refractivity contribution in [3.05, 3.63) is 11.8 Å². The van der Waals surface area contributed by atoms with Crippen LogP contribution in [0.25, 0.3) is 0 Å². The Morgan fingerprint density at radius 3 is 2.62 bits per heavy atom. The predicted molar refractivity (Wildman–Crippen MR) is 60.6 cm³/mol. The minimum atomic E-state index is -0.642. The van der Waals surface area contributed by atoms with E-state index in [1.165, 1.54) is 0 Å². The summed E-state index contributed by atoms with van der Waals surface area (Å²) in [6.07, 6.45) is 3.94. The van der Waals surface area contributed by atoms with Gasteiger partial charge in [-0.25, -0.2) is 0 Å². The van der Waals surface area contributed by atoms with E-state index in [1.54, 1.807) is 6.08 Å². The molecule has 2 nitrogen and oxygen atoms in total. The molecular weight excluding hydrogens is 207 g/mol. The summed E-state index contributed by atoms with van der Waals surface area (Å²) in [4.78, 5) is 3.64. The summed E-state index contributed by atoms with van der Waals surface area (Å²) >= 11 is 11.1. The predicted octanol–water partition coefficient (Wildman–Crippen LogP) is 2.89. The van der Waals surface area contributed by atoms with Crippen molar-refractivity contribution in [3.8, 4) is 0 Å². The Morgan fingerprint density at radius 1 is 1.54 bits per heavy atom. The molecule has 76 valence electrons. The third-order valence-corrected chi connectivity index (χ3v) is 2.00. The molecule has 4 heteroatoms. The Morgan fingerprint density at radius 2 is 2.15 bits per heavy atom. The molecule has 0 unspecified atom stereocenters. The lowest BCUT2D eigenvalue weighted by atomic mass is 10.3. The minimum absolute atomic E-state index is 0.445. The largest absolute Gasteiger partial charge is 0.400 e. The zero-order valence-electron chi connectivity index (χ0n) is 8.06. The number of unbranched alkanes of at least 4 members (excludes halogenated alkanes) is 1. The second kappa shape index (κ2) is 7.22. The first-order valence-electron chi connectivity index (χ1n) is 4.34. The molecule has 0 aromatic carbocycles. The van der Waals surface area contributed by atoms with E-state index < -0.39 is 4.84 Å². The Kier molecular flexibility index (Phi) is 7.10. The molecule has 0 atom stereocenters. The van der Waals surface area contributed by atoms with E-state index >= 15 is 0 Å². The fourth-order valence-corrected chi connectivity index (χ4v) is 0.889. The van der Waals surface area contributed by atoms with Gasteiger partial charge in [-0.2, -0.15) is 0 Å². The van der Waals surface area contributed by atoms with E-state index in [4.69, 9.17) is 28.9 Å². The maximum Gasteiger partial charge on any atom is 0.146 e. The van der Waals surface area contributed by atoms with Crippen molar-refractivity contribution in [1.82, 2.24) is 0 Å². The summed E-state index contributed by atoms with van der Waals surface area (Å²) < 4.78 is 0. The number of hydrogen-bond acceptors (Lipinski definition) is 2. The average molecular weight is 223 g/mol. The van der Waals surface area contributed by atoms with Gasteiger partial charge in [-0.3, -0.25) is 4.99 Å².